The van der Waals surface area contributed by atoms with Gasteiger partial charge >= 0.3 is 11.9 Å². The van der Waals surface area contributed by atoms with Crippen LogP contribution in [0.3, 0.4) is 0 Å². The molecule has 0 unspecified atom stereocenters. The molecule has 0 atom stereocenters. The highest BCUT2D eigenvalue weighted by Crippen LogP contribution is 2.10. The van der Waals surface area contributed by atoms with E-state index in [0.717, 1.165) is 0 Å². The van der Waals surface area contributed by atoms with Gasteiger partial charge in [0.2, 0.25) is 0 Å². The molecule has 0 amide bonds. The molecule has 0 aliphatic rings. The summed E-state index contributed by atoms with van der Waals surface area (Å²) in [5, 5.41) is 17.8. The first kappa shape index (κ1) is 14.9. The number of hydrogen-bond donors (Lipinski definition) is 2. The summed E-state index contributed by atoms with van der Waals surface area (Å²) < 4.78 is 4.77. The molecule has 0 spiro atoms. The summed E-state index contributed by atoms with van der Waals surface area (Å²) in [5.41, 5.74) is 1.79. The number of carbonyl (C=O) groups is 2. The van der Waals surface area contributed by atoms with Crippen molar-refractivity contribution in [1.82, 2.24) is 0 Å². The van der Waals surface area contributed by atoms with Gasteiger partial charge in [0.15, 0.2) is 0 Å². The molecule has 2 N–H and O–H groups in total. The molecule has 0 saturated heterocycles. The Kier molecular flexibility index (Phi) is 4.81. The van der Waals surface area contributed by atoms with Gasteiger partial charge in [-0.1, -0.05) is 24.3 Å². The van der Waals surface area contributed by atoms with E-state index in [9.17, 15) is 9.59 Å². The molecular formula is C16H14O5. The molecule has 0 saturated carbocycles. The van der Waals surface area contributed by atoms with Gasteiger partial charge in [0, 0.05) is 0 Å². The number of carbonyl (C=O) groups excluding carboxylic acids is 2. The number of esters is 2. The number of aliphatic hydroxyl groups excluding tert-OH is 2. The van der Waals surface area contributed by atoms with Crippen molar-refractivity contribution in [2.75, 3.05) is 0 Å². The van der Waals surface area contributed by atoms with Crippen molar-refractivity contribution in [2.45, 2.75) is 13.2 Å². The molecule has 0 bridgehead atoms. The summed E-state index contributed by atoms with van der Waals surface area (Å²) in [7, 11) is 0. The third-order valence-electron chi connectivity index (χ3n) is 2.93. The molecule has 21 heavy (non-hydrogen) atoms. The van der Waals surface area contributed by atoms with Gasteiger partial charge in [-0.3, -0.25) is 0 Å². The first-order valence-electron chi connectivity index (χ1n) is 6.30. The van der Waals surface area contributed by atoms with E-state index in [4.69, 9.17) is 14.9 Å². The van der Waals surface area contributed by atoms with Gasteiger partial charge in [-0.05, 0) is 35.4 Å². The number of aliphatic hydroxyl groups is 2. The standard InChI is InChI=1S/C16H14O5/c17-9-11-1-5-13(6-2-11)15(19)21-16(20)14-7-3-12(10-18)4-8-14/h1-8,17-18H,9-10H2. The fourth-order valence-electron chi connectivity index (χ4n) is 1.69. The summed E-state index contributed by atoms with van der Waals surface area (Å²) in [4.78, 5) is 23.6. The minimum atomic E-state index is -0.754. The third-order valence-corrected chi connectivity index (χ3v) is 2.93. The van der Waals surface area contributed by atoms with E-state index < -0.39 is 11.9 Å². The number of rotatable bonds is 4. The van der Waals surface area contributed by atoms with Crippen LogP contribution in [0, 0.1) is 0 Å². The van der Waals surface area contributed by atoms with Crippen molar-refractivity contribution < 1.29 is 24.5 Å². The van der Waals surface area contributed by atoms with Gasteiger partial charge in [0.25, 0.3) is 0 Å². The average molecular weight is 286 g/mol. The molecule has 0 aromatic heterocycles. The van der Waals surface area contributed by atoms with Gasteiger partial charge in [-0.25, -0.2) is 9.59 Å². The summed E-state index contributed by atoms with van der Waals surface area (Å²) in [6.45, 7) is -0.239. The molecule has 2 rings (SSSR count). The molecule has 0 fully saturated rings. The lowest BCUT2D eigenvalue weighted by molar-refractivity contribution is 0.0397. The molecule has 0 aliphatic carbocycles. The molecule has 2 aromatic carbocycles. The Morgan fingerprint density at radius 2 is 1.05 bits per heavy atom. The smallest absolute Gasteiger partial charge is 0.346 e. The minimum absolute atomic E-state index is 0.120. The summed E-state index contributed by atoms with van der Waals surface area (Å²) in [6.07, 6.45) is 0. The lowest BCUT2D eigenvalue weighted by Gasteiger charge is -2.04. The van der Waals surface area contributed by atoms with Crippen molar-refractivity contribution in [3.05, 3.63) is 70.8 Å². The van der Waals surface area contributed by atoms with Gasteiger partial charge in [0.1, 0.15) is 0 Å². The van der Waals surface area contributed by atoms with Crippen LogP contribution in [0.25, 0.3) is 0 Å². The van der Waals surface area contributed by atoms with E-state index in [1.54, 1.807) is 24.3 Å². The monoisotopic (exact) mass is 286 g/mol. The highest BCUT2D eigenvalue weighted by Gasteiger charge is 2.14. The number of benzene rings is 2. The van der Waals surface area contributed by atoms with Crippen LogP contribution in [0.4, 0.5) is 0 Å². The molecule has 0 aliphatic heterocycles. The summed E-state index contributed by atoms with van der Waals surface area (Å²) >= 11 is 0. The zero-order valence-electron chi connectivity index (χ0n) is 11.2. The Morgan fingerprint density at radius 3 is 1.33 bits per heavy atom. The minimum Gasteiger partial charge on any atom is -0.392 e. The predicted octanol–water partition coefficient (Wildman–Crippen LogP) is 1.67. The molecule has 0 radical (unpaired) electrons. The molecule has 0 heterocycles. The topological polar surface area (TPSA) is 83.8 Å². The third kappa shape index (κ3) is 3.75. The Balaban J connectivity index is 2.05. The molecule has 108 valence electrons. The van der Waals surface area contributed by atoms with Gasteiger partial charge in [-0.15, -0.1) is 0 Å². The number of ether oxygens (including phenoxy) is 1. The first-order valence-corrected chi connectivity index (χ1v) is 6.30. The highest BCUT2D eigenvalue weighted by molar-refractivity contribution is 6.02. The van der Waals surface area contributed by atoms with Crippen molar-refractivity contribution >= 4 is 11.9 Å². The lowest BCUT2D eigenvalue weighted by Crippen LogP contribution is -2.12. The van der Waals surface area contributed by atoms with Crippen molar-refractivity contribution in [3.8, 4) is 0 Å². The number of hydrogen-bond acceptors (Lipinski definition) is 5. The second kappa shape index (κ2) is 6.78. The Hall–Kier alpha value is -2.50. The van der Waals surface area contributed by atoms with Crippen molar-refractivity contribution in [2.24, 2.45) is 0 Å². The summed E-state index contributed by atoms with van der Waals surface area (Å²) in [6, 6.07) is 12.3. The van der Waals surface area contributed by atoms with Crippen LogP contribution < -0.4 is 0 Å². The zero-order chi connectivity index (χ0) is 15.2. The Labute approximate surface area is 121 Å². The van der Waals surface area contributed by atoms with Gasteiger partial charge < -0.3 is 14.9 Å². The van der Waals surface area contributed by atoms with E-state index in [-0.39, 0.29) is 24.3 Å². The van der Waals surface area contributed by atoms with Crippen LogP contribution in [0.15, 0.2) is 48.5 Å². The fraction of sp³-hybridized carbons (Fsp3) is 0.125. The van der Waals surface area contributed by atoms with Crippen molar-refractivity contribution in [3.63, 3.8) is 0 Å². The first-order chi connectivity index (χ1) is 10.1. The maximum absolute atomic E-state index is 11.8. The van der Waals surface area contributed by atoms with E-state index in [2.05, 4.69) is 0 Å². The second-order valence-corrected chi connectivity index (χ2v) is 4.39. The average Bonchev–Trinajstić information content (AvgIpc) is 2.55. The maximum Gasteiger partial charge on any atom is 0.346 e. The predicted molar refractivity (Wildman–Crippen MR) is 74.5 cm³/mol. The van der Waals surface area contributed by atoms with Crippen LogP contribution in [0.1, 0.15) is 31.8 Å². The van der Waals surface area contributed by atoms with Crippen LogP contribution in [0.2, 0.25) is 0 Å². The van der Waals surface area contributed by atoms with E-state index >= 15 is 0 Å². The van der Waals surface area contributed by atoms with E-state index in [1.165, 1.54) is 24.3 Å². The molecule has 5 heteroatoms. The SMILES string of the molecule is O=C(OC(=O)c1ccc(CO)cc1)c1ccc(CO)cc1. The van der Waals surface area contributed by atoms with E-state index in [0.29, 0.717) is 11.1 Å². The molecule has 5 nitrogen and oxygen atoms in total. The fourth-order valence-corrected chi connectivity index (χ4v) is 1.69. The normalized spacial score (nSPS) is 10.2. The van der Waals surface area contributed by atoms with Crippen molar-refractivity contribution in [1.29, 1.82) is 0 Å². The van der Waals surface area contributed by atoms with Crippen LogP contribution in [-0.4, -0.2) is 22.2 Å². The maximum atomic E-state index is 11.8. The largest absolute Gasteiger partial charge is 0.392 e. The quantitative estimate of drug-likeness (QED) is 0.659. The second-order valence-electron chi connectivity index (χ2n) is 4.39. The van der Waals surface area contributed by atoms with Crippen LogP contribution >= 0.6 is 0 Å². The zero-order valence-corrected chi connectivity index (χ0v) is 11.2. The van der Waals surface area contributed by atoms with Crippen LogP contribution in [-0.2, 0) is 18.0 Å². The highest BCUT2D eigenvalue weighted by atomic mass is 16.6. The van der Waals surface area contributed by atoms with Crippen LogP contribution in [0.5, 0.6) is 0 Å². The summed E-state index contributed by atoms with van der Waals surface area (Å²) in [5.74, 6) is -1.51. The van der Waals surface area contributed by atoms with Gasteiger partial charge in [0.05, 0.1) is 24.3 Å². The Bertz CT molecular complexity index is 571. The Morgan fingerprint density at radius 1 is 0.714 bits per heavy atom. The van der Waals surface area contributed by atoms with Gasteiger partial charge in [-0.2, -0.15) is 0 Å². The van der Waals surface area contributed by atoms with E-state index in [1.807, 2.05) is 0 Å². The lowest BCUT2D eigenvalue weighted by atomic mass is 10.1. The molecule has 2 aromatic rings. The molecular weight excluding hydrogens is 272 g/mol.